The van der Waals surface area contributed by atoms with Gasteiger partial charge < -0.3 is 14.8 Å². The maximum absolute atomic E-state index is 12.8. The maximum Gasteiger partial charge on any atom is 0.433 e. The van der Waals surface area contributed by atoms with Gasteiger partial charge in [-0.05, 0) is 12.1 Å². The number of methoxy groups -OCH3 is 1. The third kappa shape index (κ3) is 3.53. The van der Waals surface area contributed by atoms with Crippen LogP contribution in [0.5, 0.6) is 17.4 Å². The molecule has 0 bridgehead atoms. The number of nitrogens with one attached hydrogen (secondary N) is 1. The van der Waals surface area contributed by atoms with E-state index in [0.29, 0.717) is 5.75 Å². The number of hydrogen-bond donors (Lipinski definition) is 1. The lowest BCUT2D eigenvalue weighted by atomic mass is 10.3. The highest BCUT2D eigenvalue weighted by atomic mass is 19.4. The van der Waals surface area contributed by atoms with Crippen molar-refractivity contribution in [3.8, 4) is 17.4 Å². The van der Waals surface area contributed by atoms with Gasteiger partial charge in [0.05, 0.1) is 7.11 Å². The molecule has 112 valence electrons. The van der Waals surface area contributed by atoms with Crippen LogP contribution in [0.3, 0.4) is 0 Å². The Hall–Kier alpha value is -2.51. The van der Waals surface area contributed by atoms with Crippen molar-refractivity contribution >= 4 is 5.95 Å². The van der Waals surface area contributed by atoms with Crippen molar-refractivity contribution in [2.75, 3.05) is 19.5 Å². The van der Waals surface area contributed by atoms with Gasteiger partial charge in [0.1, 0.15) is 0 Å². The van der Waals surface area contributed by atoms with Gasteiger partial charge in [-0.2, -0.15) is 18.2 Å². The van der Waals surface area contributed by atoms with Crippen LogP contribution >= 0.6 is 0 Å². The monoisotopic (exact) mass is 299 g/mol. The zero-order chi connectivity index (χ0) is 15.5. The largest absolute Gasteiger partial charge is 0.493 e. The molecule has 0 saturated carbocycles. The van der Waals surface area contributed by atoms with Gasteiger partial charge in [0, 0.05) is 13.1 Å². The zero-order valence-electron chi connectivity index (χ0n) is 11.2. The predicted octanol–water partition coefficient (Wildman–Crippen LogP) is 3.34. The lowest BCUT2D eigenvalue weighted by Gasteiger charge is -2.12. The normalized spacial score (nSPS) is 11.1. The number of anilines is 1. The molecule has 0 amide bonds. The summed E-state index contributed by atoms with van der Waals surface area (Å²) >= 11 is 0. The van der Waals surface area contributed by atoms with Crippen LogP contribution in [0, 0.1) is 0 Å². The van der Waals surface area contributed by atoms with E-state index in [1.165, 1.54) is 14.2 Å². The molecule has 0 atom stereocenters. The van der Waals surface area contributed by atoms with Crippen LogP contribution in [0.2, 0.25) is 0 Å². The van der Waals surface area contributed by atoms with Gasteiger partial charge in [-0.15, -0.1) is 0 Å². The van der Waals surface area contributed by atoms with Crippen molar-refractivity contribution in [2.24, 2.45) is 0 Å². The Labute approximate surface area is 118 Å². The van der Waals surface area contributed by atoms with Crippen molar-refractivity contribution in [3.05, 3.63) is 36.0 Å². The van der Waals surface area contributed by atoms with Crippen LogP contribution in [0.4, 0.5) is 19.1 Å². The van der Waals surface area contributed by atoms with Gasteiger partial charge >= 0.3 is 6.18 Å². The predicted molar refractivity (Wildman–Crippen MR) is 69.6 cm³/mol. The Bertz CT molecular complexity index is 632. The number of rotatable bonds is 4. The lowest BCUT2D eigenvalue weighted by molar-refractivity contribution is -0.141. The molecule has 0 spiro atoms. The standard InChI is InChI=1S/C13H12F3N3O2/c1-17-12-18-10(13(14,15)16)7-11(19-12)21-9-6-4-3-5-8(9)20-2/h3-7H,1-2H3,(H,17,18,19). The van der Waals surface area contributed by atoms with E-state index in [2.05, 4.69) is 15.3 Å². The number of benzene rings is 1. The van der Waals surface area contributed by atoms with Crippen molar-refractivity contribution in [3.63, 3.8) is 0 Å². The molecule has 0 aliphatic rings. The van der Waals surface area contributed by atoms with Crippen LogP contribution in [-0.4, -0.2) is 24.1 Å². The minimum absolute atomic E-state index is 0.185. The molecule has 0 aliphatic carbocycles. The van der Waals surface area contributed by atoms with Crippen LogP contribution < -0.4 is 14.8 Å². The van der Waals surface area contributed by atoms with Gasteiger partial charge in [0.15, 0.2) is 17.2 Å². The highest BCUT2D eigenvalue weighted by Crippen LogP contribution is 2.34. The number of ether oxygens (including phenoxy) is 2. The van der Waals surface area contributed by atoms with E-state index in [9.17, 15) is 13.2 Å². The van der Waals surface area contributed by atoms with E-state index in [0.717, 1.165) is 6.07 Å². The SMILES string of the molecule is CNc1nc(Oc2ccccc2OC)cc(C(F)(F)F)n1. The number of halogens is 3. The number of aromatic nitrogens is 2. The Morgan fingerprint density at radius 2 is 1.76 bits per heavy atom. The maximum atomic E-state index is 12.8. The summed E-state index contributed by atoms with van der Waals surface area (Å²) in [7, 11) is 2.85. The summed E-state index contributed by atoms with van der Waals surface area (Å²) in [6.45, 7) is 0. The third-order valence-corrected chi connectivity index (χ3v) is 2.50. The van der Waals surface area contributed by atoms with Crippen LogP contribution in [0.25, 0.3) is 0 Å². The molecule has 0 fully saturated rings. The summed E-state index contributed by atoms with van der Waals surface area (Å²) < 4.78 is 48.7. The fraction of sp³-hybridized carbons (Fsp3) is 0.231. The van der Waals surface area contributed by atoms with E-state index in [-0.39, 0.29) is 17.6 Å². The summed E-state index contributed by atoms with van der Waals surface area (Å²) in [5.41, 5.74) is -1.09. The molecule has 1 aromatic heterocycles. The Kier molecular flexibility index (Phi) is 4.15. The summed E-state index contributed by atoms with van der Waals surface area (Å²) in [6, 6.07) is 7.30. The molecule has 0 radical (unpaired) electrons. The molecular formula is C13H12F3N3O2. The zero-order valence-corrected chi connectivity index (χ0v) is 11.2. The smallest absolute Gasteiger partial charge is 0.433 e. The van der Waals surface area contributed by atoms with E-state index < -0.39 is 11.9 Å². The van der Waals surface area contributed by atoms with Gasteiger partial charge in [-0.1, -0.05) is 12.1 Å². The summed E-state index contributed by atoms with van der Waals surface area (Å²) in [5, 5.41) is 2.46. The number of para-hydroxylation sites is 2. The van der Waals surface area contributed by atoms with Crippen LogP contribution in [-0.2, 0) is 6.18 Å². The van der Waals surface area contributed by atoms with E-state index in [1.807, 2.05) is 0 Å². The van der Waals surface area contributed by atoms with Crippen molar-refractivity contribution in [1.82, 2.24) is 9.97 Å². The number of hydrogen-bond acceptors (Lipinski definition) is 5. The fourth-order valence-corrected chi connectivity index (χ4v) is 1.55. The number of alkyl halides is 3. The van der Waals surface area contributed by atoms with Crippen molar-refractivity contribution in [1.29, 1.82) is 0 Å². The van der Waals surface area contributed by atoms with Crippen LogP contribution in [0.1, 0.15) is 5.69 Å². The average Bonchev–Trinajstić information content (AvgIpc) is 2.46. The Morgan fingerprint density at radius 1 is 1.10 bits per heavy atom. The second kappa shape index (κ2) is 5.86. The molecule has 1 N–H and O–H groups in total. The topological polar surface area (TPSA) is 56.3 Å². The average molecular weight is 299 g/mol. The summed E-state index contributed by atoms with van der Waals surface area (Å²) in [6.07, 6.45) is -4.59. The highest BCUT2D eigenvalue weighted by molar-refractivity contribution is 5.42. The molecule has 21 heavy (non-hydrogen) atoms. The molecule has 0 saturated heterocycles. The Balaban J connectivity index is 2.39. The van der Waals surface area contributed by atoms with E-state index in [4.69, 9.17) is 9.47 Å². The minimum Gasteiger partial charge on any atom is -0.493 e. The first-order valence-electron chi connectivity index (χ1n) is 5.89. The molecule has 0 unspecified atom stereocenters. The molecule has 1 heterocycles. The quantitative estimate of drug-likeness (QED) is 0.938. The molecule has 2 aromatic rings. The minimum atomic E-state index is -4.59. The van der Waals surface area contributed by atoms with E-state index in [1.54, 1.807) is 24.3 Å². The van der Waals surface area contributed by atoms with Gasteiger partial charge in [-0.25, -0.2) is 4.98 Å². The number of nitrogens with zero attached hydrogens (tertiary/aromatic N) is 2. The molecule has 2 rings (SSSR count). The second-order valence-electron chi connectivity index (χ2n) is 3.92. The molecular weight excluding hydrogens is 287 g/mol. The van der Waals surface area contributed by atoms with Gasteiger partial charge in [-0.3, -0.25) is 0 Å². The highest BCUT2D eigenvalue weighted by Gasteiger charge is 2.34. The third-order valence-electron chi connectivity index (χ3n) is 2.50. The first-order chi connectivity index (χ1) is 9.94. The Morgan fingerprint density at radius 3 is 2.33 bits per heavy atom. The van der Waals surface area contributed by atoms with Gasteiger partial charge in [0.25, 0.3) is 0 Å². The first-order valence-corrected chi connectivity index (χ1v) is 5.89. The molecule has 5 nitrogen and oxygen atoms in total. The van der Waals surface area contributed by atoms with Crippen molar-refractivity contribution in [2.45, 2.75) is 6.18 Å². The van der Waals surface area contributed by atoms with E-state index >= 15 is 0 Å². The van der Waals surface area contributed by atoms with Gasteiger partial charge in [0.2, 0.25) is 11.8 Å². The summed E-state index contributed by atoms with van der Waals surface area (Å²) in [4.78, 5) is 7.18. The first kappa shape index (κ1) is 14.9. The van der Waals surface area contributed by atoms with Crippen LogP contribution in [0.15, 0.2) is 30.3 Å². The second-order valence-corrected chi connectivity index (χ2v) is 3.92. The molecule has 8 heteroatoms. The molecule has 0 aliphatic heterocycles. The summed E-state index contributed by atoms with van der Waals surface area (Å²) in [5.74, 6) is 0.227. The van der Waals surface area contributed by atoms with Crippen molar-refractivity contribution < 1.29 is 22.6 Å². The lowest BCUT2D eigenvalue weighted by Crippen LogP contribution is -2.11. The molecule has 1 aromatic carbocycles. The fourth-order valence-electron chi connectivity index (χ4n) is 1.55.